The van der Waals surface area contributed by atoms with Gasteiger partial charge >= 0.3 is 0 Å². The molecule has 3 aromatic rings. The largest absolute Gasteiger partial charge is 0.384 e. The molecule has 0 aliphatic heterocycles. The van der Waals surface area contributed by atoms with Crippen LogP contribution in [0.2, 0.25) is 0 Å². The third-order valence-electron chi connectivity index (χ3n) is 3.73. The predicted molar refractivity (Wildman–Crippen MR) is 89.0 cm³/mol. The summed E-state index contributed by atoms with van der Waals surface area (Å²) in [5.41, 5.74) is 3.34. The van der Waals surface area contributed by atoms with E-state index in [-0.39, 0.29) is 5.69 Å². The minimum Gasteiger partial charge on any atom is -0.384 e. The van der Waals surface area contributed by atoms with Crippen molar-refractivity contribution >= 4 is 5.69 Å². The van der Waals surface area contributed by atoms with Crippen molar-refractivity contribution in [1.82, 2.24) is 0 Å². The van der Waals surface area contributed by atoms with E-state index < -0.39 is 11.0 Å². The van der Waals surface area contributed by atoms with E-state index in [0.29, 0.717) is 11.1 Å². The van der Waals surface area contributed by atoms with Gasteiger partial charge < -0.3 is 5.11 Å². The van der Waals surface area contributed by atoms with E-state index in [2.05, 4.69) is 0 Å². The fraction of sp³-hybridized carbons (Fsp3) is 0.0526. The lowest BCUT2D eigenvalue weighted by Gasteiger charge is -2.12. The van der Waals surface area contributed by atoms with Crippen molar-refractivity contribution in [1.29, 1.82) is 0 Å². The smallest absolute Gasteiger partial charge is 0.269 e. The molecule has 1 atom stereocenters. The minimum absolute atomic E-state index is 0.0255. The Hall–Kier alpha value is -2.98. The van der Waals surface area contributed by atoms with Crippen LogP contribution < -0.4 is 0 Å². The number of hydrogen-bond acceptors (Lipinski definition) is 3. The van der Waals surface area contributed by atoms with Crippen LogP contribution in [0.4, 0.5) is 5.69 Å². The molecule has 3 rings (SSSR count). The van der Waals surface area contributed by atoms with Crippen LogP contribution in [0, 0.1) is 10.1 Å². The molecule has 0 amide bonds. The second-order valence-corrected chi connectivity index (χ2v) is 5.24. The van der Waals surface area contributed by atoms with Crippen molar-refractivity contribution in [2.45, 2.75) is 6.10 Å². The molecule has 4 nitrogen and oxygen atoms in total. The second kappa shape index (κ2) is 6.42. The summed E-state index contributed by atoms with van der Waals surface area (Å²) in [6, 6.07) is 23.6. The van der Waals surface area contributed by atoms with Gasteiger partial charge in [0.25, 0.3) is 5.69 Å². The van der Waals surface area contributed by atoms with Crippen LogP contribution in [0.5, 0.6) is 0 Å². The summed E-state index contributed by atoms with van der Waals surface area (Å²) in [5.74, 6) is 0. The van der Waals surface area contributed by atoms with Crippen LogP contribution in [-0.4, -0.2) is 10.0 Å². The highest BCUT2D eigenvalue weighted by atomic mass is 16.6. The second-order valence-electron chi connectivity index (χ2n) is 5.24. The Bertz CT molecular complexity index is 814. The number of rotatable bonds is 4. The van der Waals surface area contributed by atoms with Gasteiger partial charge in [0.2, 0.25) is 0 Å². The Kier molecular flexibility index (Phi) is 4.17. The molecule has 0 aromatic heterocycles. The van der Waals surface area contributed by atoms with Crippen LogP contribution >= 0.6 is 0 Å². The van der Waals surface area contributed by atoms with Crippen LogP contribution in [-0.2, 0) is 0 Å². The van der Waals surface area contributed by atoms with E-state index >= 15 is 0 Å². The summed E-state index contributed by atoms with van der Waals surface area (Å²) >= 11 is 0. The van der Waals surface area contributed by atoms with Crippen molar-refractivity contribution in [3.63, 3.8) is 0 Å². The summed E-state index contributed by atoms with van der Waals surface area (Å²) in [6.45, 7) is 0. The molecule has 3 aromatic carbocycles. The fourth-order valence-corrected chi connectivity index (χ4v) is 2.49. The predicted octanol–water partition coefficient (Wildman–Crippen LogP) is 4.34. The molecule has 0 saturated heterocycles. The Balaban J connectivity index is 1.87. The maximum absolute atomic E-state index is 10.8. The molecular formula is C19H15NO3. The van der Waals surface area contributed by atoms with Gasteiger partial charge in [0.05, 0.1) is 4.92 Å². The van der Waals surface area contributed by atoms with E-state index in [9.17, 15) is 15.2 Å². The molecule has 0 aliphatic rings. The van der Waals surface area contributed by atoms with E-state index in [0.717, 1.165) is 11.1 Å². The molecule has 0 fully saturated rings. The number of aliphatic hydroxyl groups is 1. The zero-order chi connectivity index (χ0) is 16.2. The molecule has 0 aliphatic carbocycles. The first-order valence-corrected chi connectivity index (χ1v) is 7.23. The number of nitro benzene ring substituents is 1. The van der Waals surface area contributed by atoms with E-state index in [4.69, 9.17) is 0 Å². The quantitative estimate of drug-likeness (QED) is 0.576. The molecule has 4 heteroatoms. The highest BCUT2D eigenvalue weighted by Gasteiger charge is 2.14. The summed E-state index contributed by atoms with van der Waals surface area (Å²) in [4.78, 5) is 10.4. The zero-order valence-electron chi connectivity index (χ0n) is 12.3. The molecule has 114 valence electrons. The van der Waals surface area contributed by atoms with Gasteiger partial charge in [0.1, 0.15) is 6.10 Å². The number of nitro groups is 1. The van der Waals surface area contributed by atoms with Crippen molar-refractivity contribution in [3.8, 4) is 11.1 Å². The Labute approximate surface area is 133 Å². The molecular weight excluding hydrogens is 290 g/mol. The number of aliphatic hydroxyl groups excluding tert-OH is 1. The van der Waals surface area contributed by atoms with Crippen LogP contribution in [0.15, 0.2) is 78.9 Å². The van der Waals surface area contributed by atoms with Gasteiger partial charge in [0.15, 0.2) is 0 Å². The van der Waals surface area contributed by atoms with Gasteiger partial charge in [-0.15, -0.1) is 0 Å². The molecule has 23 heavy (non-hydrogen) atoms. The molecule has 0 spiro atoms. The summed E-state index contributed by atoms with van der Waals surface area (Å²) in [5, 5.41) is 21.3. The molecule has 0 unspecified atom stereocenters. The first-order valence-electron chi connectivity index (χ1n) is 7.23. The summed E-state index contributed by atoms with van der Waals surface area (Å²) in [6.07, 6.45) is -0.889. The summed E-state index contributed by atoms with van der Waals surface area (Å²) in [7, 11) is 0. The van der Waals surface area contributed by atoms with Crippen molar-refractivity contribution in [3.05, 3.63) is 100 Å². The lowest BCUT2D eigenvalue weighted by Crippen LogP contribution is -2.00. The Morgan fingerprint density at radius 1 is 0.783 bits per heavy atom. The third-order valence-corrected chi connectivity index (χ3v) is 3.73. The average Bonchev–Trinajstić information content (AvgIpc) is 2.62. The minimum atomic E-state index is -0.889. The van der Waals surface area contributed by atoms with Crippen LogP contribution in [0.25, 0.3) is 11.1 Å². The van der Waals surface area contributed by atoms with Crippen LogP contribution in [0.3, 0.4) is 0 Å². The van der Waals surface area contributed by atoms with Crippen molar-refractivity contribution in [2.75, 3.05) is 0 Å². The van der Waals surface area contributed by atoms with E-state index in [1.807, 2.05) is 54.6 Å². The van der Waals surface area contributed by atoms with Gasteiger partial charge in [-0.05, 0) is 22.3 Å². The van der Waals surface area contributed by atoms with E-state index in [1.165, 1.54) is 12.1 Å². The Morgan fingerprint density at radius 3 is 2.09 bits per heavy atom. The first-order chi connectivity index (χ1) is 11.1. The first kappa shape index (κ1) is 14.9. The maximum atomic E-state index is 10.8. The zero-order valence-corrected chi connectivity index (χ0v) is 12.3. The van der Waals surface area contributed by atoms with Gasteiger partial charge in [0, 0.05) is 12.1 Å². The number of benzene rings is 3. The topological polar surface area (TPSA) is 63.4 Å². The average molecular weight is 305 g/mol. The Morgan fingerprint density at radius 2 is 1.43 bits per heavy atom. The summed E-state index contributed by atoms with van der Waals surface area (Å²) < 4.78 is 0. The monoisotopic (exact) mass is 305 g/mol. The third kappa shape index (κ3) is 3.27. The lowest BCUT2D eigenvalue weighted by atomic mass is 9.98. The fourth-order valence-electron chi connectivity index (χ4n) is 2.49. The van der Waals surface area contributed by atoms with Crippen molar-refractivity contribution < 1.29 is 10.0 Å². The SMILES string of the molecule is O=[N+]([O-])c1cccc([C@@H](O)c2ccc(-c3ccccc3)cc2)c1. The molecule has 0 radical (unpaired) electrons. The lowest BCUT2D eigenvalue weighted by molar-refractivity contribution is -0.385. The van der Waals surface area contributed by atoms with Gasteiger partial charge in [-0.2, -0.15) is 0 Å². The standard InChI is InChI=1S/C19H15NO3/c21-19(17-7-4-8-18(13-17)20(22)23)16-11-9-15(10-12-16)14-5-2-1-3-6-14/h1-13,19,21H/t19-/m0/s1. The highest BCUT2D eigenvalue weighted by molar-refractivity contribution is 5.63. The normalized spacial score (nSPS) is 11.9. The van der Waals surface area contributed by atoms with Gasteiger partial charge in [-0.3, -0.25) is 10.1 Å². The molecule has 0 saturated carbocycles. The number of nitrogens with zero attached hydrogens (tertiary/aromatic N) is 1. The van der Waals surface area contributed by atoms with Crippen molar-refractivity contribution in [2.24, 2.45) is 0 Å². The molecule has 1 N–H and O–H groups in total. The molecule has 0 bridgehead atoms. The van der Waals surface area contributed by atoms with Crippen LogP contribution in [0.1, 0.15) is 17.2 Å². The number of non-ortho nitro benzene ring substituents is 1. The van der Waals surface area contributed by atoms with Gasteiger partial charge in [-0.1, -0.05) is 66.7 Å². The molecule has 0 heterocycles. The maximum Gasteiger partial charge on any atom is 0.269 e. The highest BCUT2D eigenvalue weighted by Crippen LogP contribution is 2.27. The van der Waals surface area contributed by atoms with E-state index in [1.54, 1.807) is 12.1 Å². The number of hydrogen-bond donors (Lipinski definition) is 1. The van der Waals surface area contributed by atoms with Gasteiger partial charge in [-0.25, -0.2) is 0 Å².